The Morgan fingerprint density at radius 1 is 1.21 bits per heavy atom. The van der Waals surface area contributed by atoms with E-state index in [1.807, 2.05) is 0 Å². The molecule has 0 spiro atoms. The molecule has 0 bridgehead atoms. The van der Waals surface area contributed by atoms with Crippen molar-refractivity contribution in [2.24, 2.45) is 5.92 Å². The summed E-state index contributed by atoms with van der Waals surface area (Å²) in [6.45, 7) is 11.7. The SMILES string of the molecule is CCNC(CC)C(C)CCCOCC. The van der Waals surface area contributed by atoms with Crippen LogP contribution in [-0.2, 0) is 4.74 Å². The summed E-state index contributed by atoms with van der Waals surface area (Å²) in [5.41, 5.74) is 0. The summed E-state index contributed by atoms with van der Waals surface area (Å²) in [7, 11) is 0. The maximum atomic E-state index is 5.34. The van der Waals surface area contributed by atoms with E-state index in [1.165, 1.54) is 19.3 Å². The standard InChI is InChI=1S/C12H27NO/c1-5-12(13-6-2)11(4)9-8-10-14-7-3/h11-13H,5-10H2,1-4H3. The monoisotopic (exact) mass is 201 g/mol. The summed E-state index contributed by atoms with van der Waals surface area (Å²) in [6, 6.07) is 0.682. The third-order valence-corrected chi connectivity index (χ3v) is 2.75. The molecule has 0 aliphatic carbocycles. The van der Waals surface area contributed by atoms with Crippen molar-refractivity contribution < 1.29 is 4.74 Å². The van der Waals surface area contributed by atoms with Gasteiger partial charge in [-0.05, 0) is 38.6 Å². The maximum absolute atomic E-state index is 5.34. The number of hydrogen-bond donors (Lipinski definition) is 1. The lowest BCUT2D eigenvalue weighted by Crippen LogP contribution is -2.34. The maximum Gasteiger partial charge on any atom is 0.0466 e. The van der Waals surface area contributed by atoms with E-state index >= 15 is 0 Å². The molecule has 0 aromatic carbocycles. The van der Waals surface area contributed by atoms with Gasteiger partial charge in [0.15, 0.2) is 0 Å². The zero-order valence-electron chi connectivity index (χ0n) is 10.3. The normalized spacial score (nSPS) is 15.4. The highest BCUT2D eigenvalue weighted by Crippen LogP contribution is 2.13. The first kappa shape index (κ1) is 13.9. The summed E-state index contributed by atoms with van der Waals surface area (Å²) in [5.74, 6) is 0.764. The number of nitrogens with one attached hydrogen (secondary N) is 1. The molecule has 0 saturated carbocycles. The van der Waals surface area contributed by atoms with Crippen LogP contribution >= 0.6 is 0 Å². The minimum Gasteiger partial charge on any atom is -0.382 e. The Morgan fingerprint density at radius 3 is 2.43 bits per heavy atom. The average molecular weight is 201 g/mol. The smallest absolute Gasteiger partial charge is 0.0466 e. The van der Waals surface area contributed by atoms with Crippen LogP contribution in [0, 0.1) is 5.92 Å². The molecule has 2 heteroatoms. The molecule has 0 heterocycles. The van der Waals surface area contributed by atoms with E-state index in [2.05, 4.69) is 33.0 Å². The molecule has 2 atom stereocenters. The molecule has 2 unspecified atom stereocenters. The highest BCUT2D eigenvalue weighted by molar-refractivity contribution is 4.71. The quantitative estimate of drug-likeness (QED) is 0.579. The number of rotatable bonds is 9. The van der Waals surface area contributed by atoms with Crippen molar-refractivity contribution in [2.45, 2.75) is 53.0 Å². The van der Waals surface area contributed by atoms with Gasteiger partial charge in [-0.1, -0.05) is 20.8 Å². The van der Waals surface area contributed by atoms with Crippen molar-refractivity contribution in [1.29, 1.82) is 0 Å². The lowest BCUT2D eigenvalue weighted by atomic mass is 9.95. The Balaban J connectivity index is 3.52. The van der Waals surface area contributed by atoms with Gasteiger partial charge in [-0.25, -0.2) is 0 Å². The molecule has 0 aliphatic rings. The minimum absolute atomic E-state index is 0.682. The molecule has 0 aromatic rings. The Hall–Kier alpha value is -0.0800. The van der Waals surface area contributed by atoms with E-state index < -0.39 is 0 Å². The van der Waals surface area contributed by atoms with Crippen LogP contribution in [0.1, 0.15) is 47.0 Å². The first-order valence-corrected chi connectivity index (χ1v) is 6.07. The zero-order chi connectivity index (χ0) is 10.8. The second-order valence-electron chi connectivity index (χ2n) is 3.89. The summed E-state index contributed by atoms with van der Waals surface area (Å²) >= 11 is 0. The van der Waals surface area contributed by atoms with Crippen molar-refractivity contribution in [1.82, 2.24) is 5.32 Å². The van der Waals surface area contributed by atoms with Crippen molar-refractivity contribution in [3.05, 3.63) is 0 Å². The van der Waals surface area contributed by atoms with Crippen LogP contribution in [0.15, 0.2) is 0 Å². The predicted molar refractivity (Wildman–Crippen MR) is 62.6 cm³/mol. The number of hydrogen-bond acceptors (Lipinski definition) is 2. The van der Waals surface area contributed by atoms with Crippen LogP contribution in [0.3, 0.4) is 0 Å². The highest BCUT2D eigenvalue weighted by atomic mass is 16.5. The predicted octanol–water partition coefficient (Wildman–Crippen LogP) is 2.83. The van der Waals surface area contributed by atoms with E-state index in [0.717, 1.165) is 25.7 Å². The molecule has 0 aromatic heterocycles. The summed E-state index contributed by atoms with van der Waals surface area (Å²) in [5, 5.41) is 3.53. The Morgan fingerprint density at radius 2 is 1.93 bits per heavy atom. The second kappa shape index (κ2) is 9.47. The molecular formula is C12H27NO. The van der Waals surface area contributed by atoms with E-state index in [1.54, 1.807) is 0 Å². The fourth-order valence-electron chi connectivity index (χ4n) is 1.86. The molecule has 86 valence electrons. The van der Waals surface area contributed by atoms with Gasteiger partial charge in [0, 0.05) is 19.3 Å². The zero-order valence-corrected chi connectivity index (χ0v) is 10.3. The van der Waals surface area contributed by atoms with Crippen LogP contribution in [0.4, 0.5) is 0 Å². The van der Waals surface area contributed by atoms with Crippen molar-refractivity contribution in [2.75, 3.05) is 19.8 Å². The summed E-state index contributed by atoms with van der Waals surface area (Å²) in [4.78, 5) is 0. The molecular weight excluding hydrogens is 174 g/mol. The highest BCUT2D eigenvalue weighted by Gasteiger charge is 2.13. The van der Waals surface area contributed by atoms with E-state index in [-0.39, 0.29) is 0 Å². The first-order chi connectivity index (χ1) is 6.76. The van der Waals surface area contributed by atoms with Gasteiger partial charge < -0.3 is 10.1 Å². The third kappa shape index (κ3) is 6.39. The van der Waals surface area contributed by atoms with Crippen LogP contribution in [0.25, 0.3) is 0 Å². The first-order valence-electron chi connectivity index (χ1n) is 6.07. The lowest BCUT2D eigenvalue weighted by molar-refractivity contribution is 0.137. The molecule has 14 heavy (non-hydrogen) atoms. The van der Waals surface area contributed by atoms with Gasteiger partial charge in [0.1, 0.15) is 0 Å². The van der Waals surface area contributed by atoms with Gasteiger partial charge in [0.25, 0.3) is 0 Å². The minimum atomic E-state index is 0.682. The Bertz CT molecular complexity index is 117. The van der Waals surface area contributed by atoms with E-state index in [0.29, 0.717) is 6.04 Å². The average Bonchev–Trinajstić information content (AvgIpc) is 2.20. The second-order valence-corrected chi connectivity index (χ2v) is 3.89. The fraction of sp³-hybridized carbons (Fsp3) is 1.00. The van der Waals surface area contributed by atoms with Crippen LogP contribution < -0.4 is 5.32 Å². The topological polar surface area (TPSA) is 21.3 Å². The largest absolute Gasteiger partial charge is 0.382 e. The van der Waals surface area contributed by atoms with Gasteiger partial charge in [0.05, 0.1) is 0 Å². The lowest BCUT2D eigenvalue weighted by Gasteiger charge is -2.23. The molecule has 0 rings (SSSR count). The Kier molecular flexibility index (Phi) is 9.42. The molecule has 0 radical (unpaired) electrons. The fourth-order valence-corrected chi connectivity index (χ4v) is 1.86. The third-order valence-electron chi connectivity index (χ3n) is 2.75. The molecule has 0 aliphatic heterocycles. The van der Waals surface area contributed by atoms with Crippen LogP contribution in [-0.4, -0.2) is 25.8 Å². The summed E-state index contributed by atoms with van der Waals surface area (Å²) in [6.07, 6.45) is 3.69. The van der Waals surface area contributed by atoms with Gasteiger partial charge in [-0.15, -0.1) is 0 Å². The Labute approximate surface area is 89.4 Å². The van der Waals surface area contributed by atoms with Gasteiger partial charge in [-0.2, -0.15) is 0 Å². The molecule has 0 saturated heterocycles. The number of ether oxygens (including phenoxy) is 1. The van der Waals surface area contributed by atoms with Gasteiger partial charge in [-0.3, -0.25) is 0 Å². The molecule has 1 N–H and O–H groups in total. The van der Waals surface area contributed by atoms with Crippen LogP contribution in [0.5, 0.6) is 0 Å². The molecule has 2 nitrogen and oxygen atoms in total. The van der Waals surface area contributed by atoms with E-state index in [9.17, 15) is 0 Å². The van der Waals surface area contributed by atoms with Crippen LogP contribution in [0.2, 0.25) is 0 Å². The summed E-state index contributed by atoms with van der Waals surface area (Å²) < 4.78 is 5.34. The van der Waals surface area contributed by atoms with Crippen molar-refractivity contribution in [3.8, 4) is 0 Å². The van der Waals surface area contributed by atoms with Crippen molar-refractivity contribution in [3.63, 3.8) is 0 Å². The molecule has 0 fully saturated rings. The van der Waals surface area contributed by atoms with Crippen molar-refractivity contribution >= 4 is 0 Å². The molecule has 0 amide bonds. The van der Waals surface area contributed by atoms with Gasteiger partial charge in [0.2, 0.25) is 0 Å². The van der Waals surface area contributed by atoms with E-state index in [4.69, 9.17) is 4.74 Å². The van der Waals surface area contributed by atoms with Gasteiger partial charge >= 0.3 is 0 Å².